The predicted octanol–water partition coefficient (Wildman–Crippen LogP) is 2.17. The molecule has 1 aliphatic rings. The van der Waals surface area contributed by atoms with Gasteiger partial charge in [0, 0.05) is 49.2 Å². The molecule has 0 radical (unpaired) electrons. The van der Waals surface area contributed by atoms with E-state index in [1.807, 2.05) is 6.92 Å². The Morgan fingerprint density at radius 2 is 1.62 bits per heavy atom. The van der Waals surface area contributed by atoms with Gasteiger partial charge < -0.3 is 30.6 Å². The predicted molar refractivity (Wildman–Crippen MR) is 159 cm³/mol. The lowest BCUT2D eigenvalue weighted by molar-refractivity contribution is -0.170. The molecule has 0 spiro atoms. The number of aryl methyl sites for hydroxylation is 3. The summed E-state index contributed by atoms with van der Waals surface area (Å²) in [6.07, 6.45) is -0.944. The van der Waals surface area contributed by atoms with E-state index in [9.17, 15) is 19.2 Å². The van der Waals surface area contributed by atoms with Gasteiger partial charge in [-0.25, -0.2) is 9.78 Å². The minimum absolute atomic E-state index is 0.0983. The first kappa shape index (κ1) is 34.8. The topological polar surface area (TPSA) is 181 Å². The van der Waals surface area contributed by atoms with Crippen LogP contribution >= 0.6 is 11.3 Å². The van der Waals surface area contributed by atoms with Crippen LogP contribution in [0.2, 0.25) is 0 Å². The van der Waals surface area contributed by atoms with Gasteiger partial charge in [0.2, 0.25) is 5.91 Å². The average molecular weight is 607 g/mol. The number of rotatable bonds is 12. The molecule has 1 fully saturated rings. The van der Waals surface area contributed by atoms with E-state index in [4.69, 9.17) is 25.4 Å². The van der Waals surface area contributed by atoms with Crippen LogP contribution in [-0.4, -0.2) is 110 Å². The highest BCUT2D eigenvalue weighted by Crippen LogP contribution is 2.31. The summed E-state index contributed by atoms with van der Waals surface area (Å²) in [4.78, 5) is 54.0. The average Bonchev–Trinajstić information content (AvgIpc) is 3.25. The zero-order chi connectivity index (χ0) is 31.6. The molecule has 0 saturated carbocycles. The Morgan fingerprint density at radius 1 is 1.02 bits per heavy atom. The number of carboxylic acids is 3. The van der Waals surface area contributed by atoms with E-state index in [1.165, 1.54) is 11.1 Å². The highest BCUT2D eigenvalue weighted by Gasteiger charge is 2.40. The van der Waals surface area contributed by atoms with Gasteiger partial charge in [-0.2, -0.15) is 0 Å². The van der Waals surface area contributed by atoms with E-state index < -0.39 is 36.4 Å². The smallest absolute Gasteiger partial charge is 0.336 e. The first-order chi connectivity index (χ1) is 19.6. The number of hydrogen-bond acceptors (Lipinski definition) is 9. The molecular formula is C29H42N4O8S. The molecule has 1 amide bonds. The number of piperazine rings is 1. The molecule has 1 atom stereocenters. The van der Waals surface area contributed by atoms with Crippen LogP contribution in [0, 0.1) is 20.8 Å². The van der Waals surface area contributed by atoms with E-state index in [0.29, 0.717) is 6.42 Å². The summed E-state index contributed by atoms with van der Waals surface area (Å²) in [6.45, 7) is 13.7. The number of thiazole rings is 1. The Bertz CT molecular complexity index is 1240. The van der Waals surface area contributed by atoms with Crippen LogP contribution in [0.25, 0.3) is 11.3 Å². The van der Waals surface area contributed by atoms with E-state index in [1.54, 1.807) is 11.3 Å². The van der Waals surface area contributed by atoms with Crippen molar-refractivity contribution in [1.29, 1.82) is 0 Å². The number of likely N-dealkylation sites (N-methyl/N-ethyl adjacent to an activating group) is 1. The van der Waals surface area contributed by atoms with Gasteiger partial charge in [0.05, 0.1) is 30.0 Å². The van der Waals surface area contributed by atoms with Crippen LogP contribution in [-0.2, 0) is 25.6 Å². The monoisotopic (exact) mass is 606 g/mol. The van der Waals surface area contributed by atoms with E-state index in [2.05, 4.69) is 61.1 Å². The van der Waals surface area contributed by atoms with Crippen molar-refractivity contribution in [3.63, 3.8) is 0 Å². The maximum Gasteiger partial charge on any atom is 0.336 e. The molecule has 1 aliphatic heterocycles. The lowest BCUT2D eigenvalue weighted by Gasteiger charge is -2.34. The molecule has 232 valence electrons. The van der Waals surface area contributed by atoms with Gasteiger partial charge in [0.1, 0.15) is 0 Å². The summed E-state index contributed by atoms with van der Waals surface area (Å²) < 4.78 is 0. The summed E-state index contributed by atoms with van der Waals surface area (Å²) in [6, 6.07) is 6.62. The lowest BCUT2D eigenvalue weighted by atomic mass is 9.96. The third-order valence-electron chi connectivity index (χ3n) is 6.99. The highest BCUT2D eigenvalue weighted by molar-refractivity contribution is 7.12. The fourth-order valence-corrected chi connectivity index (χ4v) is 5.50. The Morgan fingerprint density at radius 3 is 2.14 bits per heavy atom. The fourth-order valence-electron chi connectivity index (χ4n) is 4.55. The van der Waals surface area contributed by atoms with Gasteiger partial charge in [-0.3, -0.25) is 19.3 Å². The molecule has 1 unspecified atom stereocenters. The number of aromatic nitrogens is 1. The van der Waals surface area contributed by atoms with E-state index in [0.717, 1.165) is 60.3 Å². The van der Waals surface area contributed by atoms with Crippen molar-refractivity contribution in [3.05, 3.63) is 39.2 Å². The summed E-state index contributed by atoms with van der Waals surface area (Å²) in [5.74, 6) is -4.92. The van der Waals surface area contributed by atoms with Gasteiger partial charge in [-0.15, -0.1) is 11.3 Å². The molecule has 1 saturated heterocycles. The number of nitrogens with zero attached hydrogens (tertiary/aromatic N) is 3. The maximum atomic E-state index is 12.9. The quantitative estimate of drug-likeness (QED) is 0.239. The number of nitrogens with one attached hydrogen (secondary N) is 1. The zero-order valence-electron chi connectivity index (χ0n) is 24.8. The number of carbonyl (C=O) groups excluding carboxylic acids is 1. The van der Waals surface area contributed by atoms with Crippen molar-refractivity contribution in [1.82, 2.24) is 20.1 Å². The van der Waals surface area contributed by atoms with Crippen molar-refractivity contribution in [2.75, 3.05) is 39.8 Å². The Kier molecular flexibility index (Phi) is 13.0. The van der Waals surface area contributed by atoms with Crippen molar-refractivity contribution in [2.45, 2.75) is 65.0 Å². The van der Waals surface area contributed by atoms with Crippen LogP contribution < -0.4 is 5.32 Å². The summed E-state index contributed by atoms with van der Waals surface area (Å²) >= 11 is 1.63. The summed E-state index contributed by atoms with van der Waals surface area (Å²) in [5.41, 5.74) is 1.78. The molecule has 0 bridgehead atoms. The third-order valence-corrected chi connectivity index (χ3v) is 7.96. The molecule has 42 heavy (non-hydrogen) atoms. The second kappa shape index (κ2) is 15.7. The first-order valence-electron chi connectivity index (χ1n) is 13.8. The maximum absolute atomic E-state index is 12.9. The van der Waals surface area contributed by atoms with Crippen LogP contribution in [0.1, 0.15) is 47.2 Å². The Labute approximate surface area is 250 Å². The molecule has 0 aliphatic carbocycles. The van der Waals surface area contributed by atoms with Crippen molar-refractivity contribution in [2.24, 2.45) is 0 Å². The first-order valence-corrected chi connectivity index (χ1v) is 14.6. The van der Waals surface area contributed by atoms with Gasteiger partial charge in [-0.1, -0.05) is 24.6 Å². The van der Waals surface area contributed by atoms with Gasteiger partial charge in [0.25, 0.3) is 0 Å². The van der Waals surface area contributed by atoms with Crippen molar-refractivity contribution >= 4 is 35.2 Å². The number of amides is 1. The Balaban J connectivity index is 0.000000401. The van der Waals surface area contributed by atoms with Gasteiger partial charge >= 0.3 is 17.9 Å². The molecule has 12 nitrogen and oxygen atoms in total. The summed E-state index contributed by atoms with van der Waals surface area (Å²) in [7, 11) is 2.17. The normalized spacial score (nSPS) is 14.9. The lowest BCUT2D eigenvalue weighted by Crippen LogP contribution is -2.50. The van der Waals surface area contributed by atoms with E-state index >= 15 is 0 Å². The van der Waals surface area contributed by atoms with Crippen molar-refractivity contribution in [3.8, 4) is 11.3 Å². The number of carbonyl (C=O) groups is 4. The molecule has 2 aromatic rings. The van der Waals surface area contributed by atoms with Gasteiger partial charge in [-0.05, 0) is 45.9 Å². The number of aliphatic carboxylic acids is 3. The molecule has 1 aromatic heterocycles. The molecule has 2 heterocycles. The molecule has 13 heteroatoms. The second-order valence-corrected chi connectivity index (χ2v) is 12.0. The molecule has 1 aromatic carbocycles. The minimum atomic E-state index is -2.74. The number of aliphatic hydroxyl groups is 1. The summed E-state index contributed by atoms with van der Waals surface area (Å²) in [5, 5.41) is 38.1. The van der Waals surface area contributed by atoms with Crippen LogP contribution in [0.3, 0.4) is 0 Å². The third kappa shape index (κ3) is 10.8. The zero-order valence-corrected chi connectivity index (χ0v) is 25.7. The fraction of sp³-hybridized carbons (Fsp3) is 0.552. The number of benzene rings is 1. The Hall–Kier alpha value is -3.39. The van der Waals surface area contributed by atoms with Gasteiger partial charge in [0.15, 0.2) is 5.60 Å². The molecular weight excluding hydrogens is 564 g/mol. The van der Waals surface area contributed by atoms with E-state index in [-0.39, 0.29) is 11.9 Å². The van der Waals surface area contributed by atoms with Crippen LogP contribution in [0.15, 0.2) is 18.2 Å². The van der Waals surface area contributed by atoms with Crippen LogP contribution in [0.4, 0.5) is 0 Å². The number of hydrogen-bond donors (Lipinski definition) is 5. The highest BCUT2D eigenvalue weighted by atomic mass is 32.1. The van der Waals surface area contributed by atoms with Crippen molar-refractivity contribution < 1.29 is 39.6 Å². The number of carboxylic acid groups (broad SMARTS) is 3. The SMILES string of the molecule is CCC(CN1CCN(C)CC1)NC(=O)Cc1sc(C)nc1-c1cc(C)ccc1C.O=C(O)CC(O)(CC(=O)O)C(=O)O. The minimum Gasteiger partial charge on any atom is -0.481 e. The second-order valence-electron chi connectivity index (χ2n) is 10.8. The molecule has 5 N–H and O–H groups in total. The molecule has 3 rings (SSSR count). The standard InChI is InChI=1S/C23H34N4OS.C6H8O7/c1-6-19(15-27-11-9-26(5)10-12-27)25-22(28)14-21-23(24-18(4)29-21)20-13-16(2)7-8-17(20)3;7-3(8)1-6(13,5(11)12)2-4(9)10/h7-8,13,19H,6,9-12,14-15H2,1-5H3,(H,25,28);13H,1-2H2,(H,7,8)(H,9,10)(H,11,12). The van der Waals surface area contributed by atoms with Crippen LogP contribution in [0.5, 0.6) is 0 Å². The largest absolute Gasteiger partial charge is 0.481 e.